The van der Waals surface area contributed by atoms with Crippen LogP contribution in [0.5, 0.6) is 17.4 Å². The first-order valence-electron chi connectivity index (χ1n) is 8.12. The molecule has 8 heteroatoms. The molecule has 0 saturated carbocycles. The van der Waals surface area contributed by atoms with Crippen molar-refractivity contribution in [2.45, 2.75) is 6.04 Å². The summed E-state index contributed by atoms with van der Waals surface area (Å²) in [5.74, 6) is 3.66. The van der Waals surface area contributed by atoms with Gasteiger partial charge in [-0.15, -0.1) is 10.2 Å². The first kappa shape index (κ1) is 16.7. The van der Waals surface area contributed by atoms with Gasteiger partial charge in [0.05, 0.1) is 25.8 Å². The smallest absolute Gasteiger partial charge is 0.221 e. The van der Waals surface area contributed by atoms with Gasteiger partial charge >= 0.3 is 0 Å². The zero-order valence-electron chi connectivity index (χ0n) is 14.4. The van der Waals surface area contributed by atoms with Crippen LogP contribution in [0.2, 0.25) is 0 Å². The highest BCUT2D eigenvalue weighted by molar-refractivity contribution is 8.00. The zero-order chi connectivity index (χ0) is 18.1. The molecular formula is C18H18N4O3S. The van der Waals surface area contributed by atoms with Crippen molar-refractivity contribution in [3.05, 3.63) is 36.5 Å². The molecule has 1 N–H and O–H groups in total. The Kier molecular flexibility index (Phi) is 4.42. The molecule has 3 aromatic rings. The van der Waals surface area contributed by atoms with Crippen LogP contribution in [0.25, 0.3) is 10.9 Å². The Morgan fingerprint density at radius 3 is 2.54 bits per heavy atom. The second kappa shape index (κ2) is 6.87. The van der Waals surface area contributed by atoms with E-state index in [1.807, 2.05) is 40.6 Å². The minimum atomic E-state index is 0.0975. The number of rotatable bonds is 5. The van der Waals surface area contributed by atoms with Crippen LogP contribution in [0, 0.1) is 0 Å². The summed E-state index contributed by atoms with van der Waals surface area (Å²) >= 11 is 1.84. The van der Waals surface area contributed by atoms with Crippen molar-refractivity contribution in [3.63, 3.8) is 0 Å². The van der Waals surface area contributed by atoms with Crippen molar-refractivity contribution in [2.24, 2.45) is 10.2 Å². The van der Waals surface area contributed by atoms with Gasteiger partial charge in [0.1, 0.15) is 0 Å². The third-order valence-electron chi connectivity index (χ3n) is 4.34. The number of pyridine rings is 1. The van der Waals surface area contributed by atoms with Gasteiger partial charge in [-0.1, -0.05) is 6.07 Å². The largest absolute Gasteiger partial charge is 0.493 e. The molecule has 1 aromatic carbocycles. The van der Waals surface area contributed by atoms with E-state index >= 15 is 0 Å². The number of methoxy groups -OCH3 is 2. The molecule has 0 radical (unpaired) electrons. The number of benzene rings is 1. The Labute approximate surface area is 154 Å². The summed E-state index contributed by atoms with van der Waals surface area (Å²) in [6.45, 7) is 0. The van der Waals surface area contributed by atoms with Crippen LogP contribution in [0.4, 0.5) is 11.5 Å². The molecule has 1 saturated heterocycles. The van der Waals surface area contributed by atoms with E-state index in [0.717, 1.165) is 22.4 Å². The molecule has 0 atom stereocenters. The maximum Gasteiger partial charge on any atom is 0.221 e. The first-order valence-corrected chi connectivity index (χ1v) is 9.27. The van der Waals surface area contributed by atoms with E-state index in [2.05, 4.69) is 15.2 Å². The van der Waals surface area contributed by atoms with Crippen molar-refractivity contribution >= 4 is 34.2 Å². The van der Waals surface area contributed by atoms with Crippen LogP contribution in [0.1, 0.15) is 6.04 Å². The average Bonchev–Trinajstić information content (AvgIpc) is 2.89. The van der Waals surface area contributed by atoms with Crippen LogP contribution in [-0.4, -0.2) is 40.4 Å². The molecule has 4 rings (SSSR count). The van der Waals surface area contributed by atoms with Crippen LogP contribution in [0.15, 0.2) is 46.8 Å². The Balaban J connectivity index is 1.90. The van der Waals surface area contributed by atoms with Gasteiger partial charge in [-0.3, -0.25) is 0 Å². The second-order valence-electron chi connectivity index (χ2n) is 5.85. The molecule has 1 aliphatic heterocycles. The summed E-state index contributed by atoms with van der Waals surface area (Å²) in [6.07, 6.45) is 1.65. The van der Waals surface area contributed by atoms with Gasteiger partial charge in [0, 0.05) is 29.2 Å². The van der Waals surface area contributed by atoms with E-state index < -0.39 is 0 Å². The fraction of sp³-hybridized carbons (Fsp3) is 0.278. The quantitative estimate of drug-likeness (QED) is 0.671. The average molecular weight is 370 g/mol. The van der Waals surface area contributed by atoms with Gasteiger partial charge in [0.2, 0.25) is 5.88 Å². The minimum absolute atomic E-state index is 0.0975. The number of fused-ring (bicyclic) bond motifs is 1. The normalized spacial score (nSPS) is 14.7. The topological polar surface area (TPSA) is 81.2 Å². The molecule has 0 spiro atoms. The zero-order valence-corrected chi connectivity index (χ0v) is 15.2. The lowest BCUT2D eigenvalue weighted by Crippen LogP contribution is -2.22. The van der Waals surface area contributed by atoms with E-state index in [0.29, 0.717) is 23.0 Å². The predicted octanol–water partition coefficient (Wildman–Crippen LogP) is 4.46. The molecule has 0 bridgehead atoms. The highest BCUT2D eigenvalue weighted by Crippen LogP contribution is 2.47. The van der Waals surface area contributed by atoms with Crippen molar-refractivity contribution in [1.82, 2.24) is 9.55 Å². The van der Waals surface area contributed by atoms with E-state index in [4.69, 9.17) is 9.47 Å². The summed E-state index contributed by atoms with van der Waals surface area (Å²) in [5.41, 5.74) is 1.25. The lowest BCUT2D eigenvalue weighted by molar-refractivity contribution is 0.355. The van der Waals surface area contributed by atoms with E-state index in [1.165, 1.54) is 0 Å². The molecule has 26 heavy (non-hydrogen) atoms. The Hall–Kier alpha value is -2.74. The predicted molar refractivity (Wildman–Crippen MR) is 101 cm³/mol. The Morgan fingerprint density at radius 2 is 1.92 bits per heavy atom. The standard InChI is InChI=1S/C18H18N4O3S/c1-24-14-7-12-13(8-15(14)25-2)22(11-9-26-10-11)18(23)17(12)21-20-16-5-3-4-6-19-16/h3-8,11,23H,9-10H2,1-2H3. The lowest BCUT2D eigenvalue weighted by Gasteiger charge is -2.28. The summed E-state index contributed by atoms with van der Waals surface area (Å²) in [7, 11) is 3.18. The van der Waals surface area contributed by atoms with Crippen molar-refractivity contribution in [2.75, 3.05) is 25.7 Å². The Bertz CT molecular complexity index is 968. The molecule has 3 heterocycles. The van der Waals surface area contributed by atoms with Gasteiger partial charge in [0.25, 0.3) is 0 Å². The SMILES string of the molecule is COc1cc2c(N=Nc3ccccn3)c(O)n(C3CSC3)c2cc1OC. The van der Waals surface area contributed by atoms with Gasteiger partial charge in [-0.05, 0) is 18.2 Å². The van der Waals surface area contributed by atoms with Crippen molar-refractivity contribution in [3.8, 4) is 17.4 Å². The van der Waals surface area contributed by atoms with Crippen LogP contribution in [0.3, 0.4) is 0 Å². The van der Waals surface area contributed by atoms with E-state index in [-0.39, 0.29) is 11.9 Å². The highest BCUT2D eigenvalue weighted by Gasteiger charge is 2.28. The molecule has 0 amide bonds. The number of azo groups is 1. The molecule has 1 fully saturated rings. The fourth-order valence-corrected chi connectivity index (χ4v) is 3.71. The van der Waals surface area contributed by atoms with Crippen molar-refractivity contribution < 1.29 is 14.6 Å². The number of ether oxygens (including phenoxy) is 2. The van der Waals surface area contributed by atoms with Crippen LogP contribution in [-0.2, 0) is 0 Å². The van der Waals surface area contributed by atoms with Gasteiger partial charge in [0.15, 0.2) is 23.0 Å². The van der Waals surface area contributed by atoms with E-state index in [9.17, 15) is 5.11 Å². The number of aromatic nitrogens is 2. The minimum Gasteiger partial charge on any atom is -0.493 e. The third kappa shape index (κ3) is 2.76. The summed E-state index contributed by atoms with van der Waals surface area (Å²) in [4.78, 5) is 4.14. The third-order valence-corrected chi connectivity index (χ3v) is 5.58. The molecule has 134 valence electrons. The number of hydrogen-bond donors (Lipinski definition) is 1. The second-order valence-corrected chi connectivity index (χ2v) is 6.92. The first-order chi connectivity index (χ1) is 12.7. The molecular weight excluding hydrogens is 352 g/mol. The highest BCUT2D eigenvalue weighted by atomic mass is 32.2. The molecule has 0 aliphatic carbocycles. The van der Waals surface area contributed by atoms with Crippen LogP contribution >= 0.6 is 11.8 Å². The van der Waals surface area contributed by atoms with Crippen molar-refractivity contribution in [1.29, 1.82) is 0 Å². The molecule has 7 nitrogen and oxygen atoms in total. The summed E-state index contributed by atoms with van der Waals surface area (Å²) < 4.78 is 12.7. The summed E-state index contributed by atoms with van der Waals surface area (Å²) in [5, 5.41) is 20.1. The van der Waals surface area contributed by atoms with Gasteiger partial charge in [-0.25, -0.2) is 4.98 Å². The van der Waals surface area contributed by atoms with Gasteiger partial charge in [-0.2, -0.15) is 11.8 Å². The maximum absolute atomic E-state index is 10.9. The molecule has 1 aliphatic rings. The molecule has 2 aromatic heterocycles. The van der Waals surface area contributed by atoms with Gasteiger partial charge < -0.3 is 19.1 Å². The monoisotopic (exact) mass is 370 g/mol. The summed E-state index contributed by atoms with van der Waals surface area (Å²) in [6, 6.07) is 9.32. The number of nitrogens with zero attached hydrogens (tertiary/aromatic N) is 4. The van der Waals surface area contributed by atoms with Crippen LogP contribution < -0.4 is 9.47 Å². The number of thioether (sulfide) groups is 1. The fourth-order valence-electron chi connectivity index (χ4n) is 2.96. The molecule has 0 unspecified atom stereocenters. The number of hydrogen-bond acceptors (Lipinski definition) is 7. The lowest BCUT2D eigenvalue weighted by atomic mass is 10.2. The van der Waals surface area contributed by atoms with E-state index in [1.54, 1.807) is 26.5 Å². The maximum atomic E-state index is 10.9. The Morgan fingerprint density at radius 1 is 1.15 bits per heavy atom. The number of aromatic hydroxyl groups is 1.